The molecule has 0 saturated carbocycles. The topological polar surface area (TPSA) is 32.8 Å². The van der Waals surface area contributed by atoms with Gasteiger partial charge in [0.15, 0.2) is 0 Å². The van der Waals surface area contributed by atoms with Gasteiger partial charge in [0.1, 0.15) is 5.75 Å². The summed E-state index contributed by atoms with van der Waals surface area (Å²) in [7, 11) is 1.63. The van der Waals surface area contributed by atoms with Crippen molar-refractivity contribution in [2.45, 2.75) is 25.3 Å². The van der Waals surface area contributed by atoms with Crippen LogP contribution in [0.15, 0.2) is 22.7 Å². The van der Waals surface area contributed by atoms with Crippen molar-refractivity contribution in [2.24, 2.45) is 0 Å². The number of halogens is 1. The van der Waals surface area contributed by atoms with E-state index < -0.39 is 0 Å². The molecule has 114 valence electrons. The second-order valence-electron chi connectivity index (χ2n) is 5.79. The summed E-state index contributed by atoms with van der Waals surface area (Å²) in [6.07, 6.45) is 3.55. The highest BCUT2D eigenvalue weighted by Gasteiger charge is 2.30. The summed E-state index contributed by atoms with van der Waals surface area (Å²) < 4.78 is 6.05. The lowest BCUT2D eigenvalue weighted by Crippen LogP contribution is -2.39. The van der Waals surface area contributed by atoms with Crippen molar-refractivity contribution >= 4 is 21.8 Å². The number of hydrogen-bond donors (Lipinski definition) is 0. The Morgan fingerprint density at radius 2 is 2.10 bits per heavy atom. The molecule has 0 radical (unpaired) electrons. The van der Waals surface area contributed by atoms with Crippen molar-refractivity contribution in [2.75, 3.05) is 33.3 Å². The maximum absolute atomic E-state index is 12.7. The number of ether oxygens (including phenoxy) is 1. The Hall–Kier alpha value is -1.07. The SMILES string of the molecule is COc1ccc(C(=O)N2CCCN3CCCC3C2)cc1Br. The lowest BCUT2D eigenvalue weighted by atomic mass is 10.1. The van der Waals surface area contributed by atoms with Crippen molar-refractivity contribution in [1.82, 2.24) is 9.80 Å². The predicted octanol–water partition coefficient (Wildman–Crippen LogP) is 2.77. The molecule has 2 aliphatic rings. The maximum Gasteiger partial charge on any atom is 0.253 e. The Morgan fingerprint density at radius 3 is 2.86 bits per heavy atom. The molecule has 0 aliphatic carbocycles. The summed E-state index contributed by atoms with van der Waals surface area (Å²) in [6.45, 7) is 4.04. The summed E-state index contributed by atoms with van der Waals surface area (Å²) in [5.41, 5.74) is 0.731. The zero-order valence-electron chi connectivity index (χ0n) is 12.3. The molecule has 1 unspecified atom stereocenters. The van der Waals surface area contributed by atoms with Gasteiger partial charge in [-0.15, -0.1) is 0 Å². The predicted molar refractivity (Wildman–Crippen MR) is 85.8 cm³/mol. The largest absolute Gasteiger partial charge is 0.496 e. The van der Waals surface area contributed by atoms with Crippen LogP contribution < -0.4 is 4.74 Å². The molecule has 5 heteroatoms. The van der Waals surface area contributed by atoms with Crippen molar-refractivity contribution < 1.29 is 9.53 Å². The number of carbonyl (C=O) groups excluding carboxylic acids is 1. The molecule has 2 aliphatic heterocycles. The van der Waals surface area contributed by atoms with Gasteiger partial charge in [0.2, 0.25) is 0 Å². The van der Waals surface area contributed by atoms with E-state index in [0.717, 1.165) is 41.8 Å². The summed E-state index contributed by atoms with van der Waals surface area (Å²) in [5, 5.41) is 0. The van der Waals surface area contributed by atoms with Gasteiger partial charge in [-0.05, 0) is 59.9 Å². The Kier molecular flexibility index (Phi) is 4.50. The molecule has 1 aromatic carbocycles. The van der Waals surface area contributed by atoms with Gasteiger partial charge in [-0.3, -0.25) is 9.69 Å². The maximum atomic E-state index is 12.7. The number of nitrogens with zero attached hydrogens (tertiary/aromatic N) is 2. The number of methoxy groups -OCH3 is 1. The van der Waals surface area contributed by atoms with Crippen molar-refractivity contribution in [3.63, 3.8) is 0 Å². The monoisotopic (exact) mass is 352 g/mol. The van der Waals surface area contributed by atoms with E-state index in [1.165, 1.54) is 19.4 Å². The molecule has 2 heterocycles. The van der Waals surface area contributed by atoms with E-state index in [1.807, 2.05) is 23.1 Å². The fourth-order valence-corrected chi connectivity index (χ4v) is 3.91. The van der Waals surface area contributed by atoms with E-state index in [4.69, 9.17) is 4.74 Å². The fourth-order valence-electron chi connectivity index (χ4n) is 3.37. The van der Waals surface area contributed by atoms with Crippen LogP contribution >= 0.6 is 15.9 Å². The molecule has 0 spiro atoms. The molecular formula is C16H21BrN2O2. The molecule has 0 N–H and O–H groups in total. The van der Waals surface area contributed by atoms with E-state index in [2.05, 4.69) is 20.8 Å². The first-order valence-corrected chi connectivity index (χ1v) is 8.35. The van der Waals surface area contributed by atoms with Gasteiger partial charge in [-0.1, -0.05) is 0 Å². The van der Waals surface area contributed by atoms with Gasteiger partial charge >= 0.3 is 0 Å². The molecule has 1 atom stereocenters. The number of fused-ring (bicyclic) bond motifs is 1. The molecule has 1 aromatic rings. The van der Waals surface area contributed by atoms with Crippen LogP contribution in [0.1, 0.15) is 29.6 Å². The highest BCUT2D eigenvalue weighted by Crippen LogP contribution is 2.27. The van der Waals surface area contributed by atoms with Crippen LogP contribution in [0.4, 0.5) is 0 Å². The Labute approximate surface area is 134 Å². The van der Waals surface area contributed by atoms with Crippen molar-refractivity contribution in [1.29, 1.82) is 0 Å². The van der Waals surface area contributed by atoms with E-state index in [-0.39, 0.29) is 5.91 Å². The Morgan fingerprint density at radius 1 is 1.29 bits per heavy atom. The van der Waals surface area contributed by atoms with Crippen LogP contribution in [-0.2, 0) is 0 Å². The van der Waals surface area contributed by atoms with Crippen LogP contribution in [0.25, 0.3) is 0 Å². The van der Waals surface area contributed by atoms with Crippen LogP contribution in [-0.4, -0.2) is 55.0 Å². The van der Waals surface area contributed by atoms with Crippen LogP contribution in [0.2, 0.25) is 0 Å². The van der Waals surface area contributed by atoms with E-state index >= 15 is 0 Å². The normalized spacial score (nSPS) is 22.8. The molecule has 0 aromatic heterocycles. The van der Waals surface area contributed by atoms with E-state index in [0.29, 0.717) is 6.04 Å². The average molecular weight is 353 g/mol. The van der Waals surface area contributed by atoms with Gasteiger partial charge < -0.3 is 9.64 Å². The minimum absolute atomic E-state index is 0.132. The third-order valence-electron chi connectivity index (χ3n) is 4.49. The summed E-state index contributed by atoms with van der Waals surface area (Å²) >= 11 is 3.46. The zero-order chi connectivity index (χ0) is 14.8. The molecule has 1 amide bonds. The van der Waals surface area contributed by atoms with Gasteiger partial charge in [-0.25, -0.2) is 0 Å². The second-order valence-corrected chi connectivity index (χ2v) is 6.64. The summed E-state index contributed by atoms with van der Waals surface area (Å²) in [4.78, 5) is 17.3. The minimum Gasteiger partial charge on any atom is -0.496 e. The van der Waals surface area contributed by atoms with Crippen LogP contribution in [0.5, 0.6) is 5.75 Å². The van der Waals surface area contributed by atoms with Crippen LogP contribution in [0, 0.1) is 0 Å². The van der Waals surface area contributed by atoms with E-state index in [9.17, 15) is 4.79 Å². The van der Waals surface area contributed by atoms with Crippen molar-refractivity contribution in [3.8, 4) is 5.75 Å². The highest BCUT2D eigenvalue weighted by molar-refractivity contribution is 9.10. The van der Waals surface area contributed by atoms with Gasteiger partial charge in [-0.2, -0.15) is 0 Å². The molecule has 0 bridgehead atoms. The third-order valence-corrected chi connectivity index (χ3v) is 5.11. The standard InChI is InChI=1S/C16H21BrN2O2/c1-21-15-6-5-12(10-14(15)17)16(20)19-9-3-8-18-7-2-4-13(18)11-19/h5-6,10,13H,2-4,7-9,11H2,1H3. The molecule has 21 heavy (non-hydrogen) atoms. The molecule has 2 saturated heterocycles. The third kappa shape index (κ3) is 3.09. The Bertz CT molecular complexity index is 535. The average Bonchev–Trinajstić information content (AvgIpc) is 2.83. The highest BCUT2D eigenvalue weighted by atomic mass is 79.9. The number of rotatable bonds is 2. The summed E-state index contributed by atoms with van der Waals surface area (Å²) in [5.74, 6) is 0.886. The van der Waals surface area contributed by atoms with Gasteiger partial charge in [0.25, 0.3) is 5.91 Å². The fraction of sp³-hybridized carbons (Fsp3) is 0.562. The number of benzene rings is 1. The lowest BCUT2D eigenvalue weighted by molar-refractivity contribution is 0.0743. The smallest absolute Gasteiger partial charge is 0.253 e. The summed E-state index contributed by atoms with van der Waals surface area (Å²) in [6, 6.07) is 6.11. The minimum atomic E-state index is 0.132. The van der Waals surface area contributed by atoms with Crippen molar-refractivity contribution in [3.05, 3.63) is 28.2 Å². The van der Waals surface area contributed by atoms with E-state index in [1.54, 1.807) is 7.11 Å². The number of hydrogen-bond acceptors (Lipinski definition) is 3. The molecule has 4 nitrogen and oxygen atoms in total. The van der Waals surface area contributed by atoms with Gasteiger partial charge in [0, 0.05) is 31.2 Å². The first kappa shape index (κ1) is 14.9. The van der Waals surface area contributed by atoms with Gasteiger partial charge in [0.05, 0.1) is 11.6 Å². The molecular weight excluding hydrogens is 332 g/mol. The van der Waals surface area contributed by atoms with Crippen LogP contribution in [0.3, 0.4) is 0 Å². The number of amides is 1. The molecule has 3 rings (SSSR count). The molecule has 2 fully saturated rings. The lowest BCUT2D eigenvalue weighted by Gasteiger charge is -2.25. The first-order chi connectivity index (χ1) is 10.2. The Balaban J connectivity index is 1.76. The zero-order valence-corrected chi connectivity index (χ0v) is 13.9. The number of carbonyl (C=O) groups is 1. The second kappa shape index (κ2) is 6.36. The first-order valence-electron chi connectivity index (χ1n) is 7.56. The quantitative estimate of drug-likeness (QED) is 0.820.